The first-order valence-corrected chi connectivity index (χ1v) is 11.9. The van der Waals surface area contributed by atoms with Crippen molar-refractivity contribution in [2.45, 2.75) is 13.5 Å². The van der Waals surface area contributed by atoms with Crippen molar-refractivity contribution in [1.29, 1.82) is 0 Å². The van der Waals surface area contributed by atoms with Crippen LogP contribution in [0.3, 0.4) is 0 Å². The fourth-order valence-corrected chi connectivity index (χ4v) is 4.93. The van der Waals surface area contributed by atoms with Gasteiger partial charge in [0.25, 0.3) is 5.91 Å². The van der Waals surface area contributed by atoms with E-state index in [1.807, 2.05) is 54.8 Å². The minimum Gasteiger partial charge on any atom is -0.384 e. The Morgan fingerprint density at radius 1 is 1.03 bits per heavy atom. The largest absolute Gasteiger partial charge is 0.384 e. The monoisotopic (exact) mass is 482 g/mol. The van der Waals surface area contributed by atoms with Crippen molar-refractivity contribution < 1.29 is 4.79 Å². The van der Waals surface area contributed by atoms with Crippen molar-refractivity contribution in [3.8, 4) is 11.1 Å². The molecule has 1 amide bonds. The Morgan fingerprint density at radius 2 is 1.86 bits per heavy atom. The van der Waals surface area contributed by atoms with E-state index in [2.05, 4.69) is 20.9 Å². The molecule has 0 fully saturated rings. The van der Waals surface area contributed by atoms with Gasteiger partial charge in [-0.15, -0.1) is 11.3 Å². The molecule has 8 heteroatoms. The fourth-order valence-electron chi connectivity index (χ4n) is 4.17. The summed E-state index contributed by atoms with van der Waals surface area (Å²) in [5.74, 6) is -0.254. The Bertz CT molecular complexity index is 1640. The third-order valence-corrected chi connectivity index (χ3v) is 6.92. The lowest BCUT2D eigenvalue weighted by atomic mass is 9.94. The molecule has 0 spiro atoms. The van der Waals surface area contributed by atoms with E-state index in [-0.39, 0.29) is 5.91 Å². The van der Waals surface area contributed by atoms with Crippen LogP contribution < -0.4 is 26.8 Å². The number of anilines is 3. The maximum absolute atomic E-state index is 13.1. The van der Waals surface area contributed by atoms with Gasteiger partial charge in [0.1, 0.15) is 4.88 Å². The van der Waals surface area contributed by atoms with Crippen LogP contribution in [0.2, 0.25) is 0 Å². The molecule has 2 heterocycles. The van der Waals surface area contributed by atoms with Gasteiger partial charge in [-0.05, 0) is 59.3 Å². The van der Waals surface area contributed by atoms with E-state index < -0.39 is 10.9 Å². The molecule has 5 aromatic rings. The Labute approximate surface area is 205 Å². The number of carbonyl (C=O) groups excluding carboxylic acids is 1. The average molecular weight is 483 g/mol. The van der Waals surface area contributed by atoms with Crippen LogP contribution in [-0.4, -0.2) is 17.9 Å². The van der Waals surface area contributed by atoms with Crippen molar-refractivity contribution in [3.63, 3.8) is 0 Å². The topological polar surface area (TPSA) is 100 Å². The maximum atomic E-state index is 13.1. The van der Waals surface area contributed by atoms with Gasteiger partial charge < -0.3 is 16.0 Å². The van der Waals surface area contributed by atoms with Crippen molar-refractivity contribution in [3.05, 3.63) is 103 Å². The van der Waals surface area contributed by atoms with Gasteiger partial charge in [-0.25, -0.2) is 0 Å². The molecular weight excluding hydrogens is 460 g/mol. The zero-order valence-corrected chi connectivity index (χ0v) is 20.0. The number of aryl methyl sites for hydroxylation is 1. The van der Waals surface area contributed by atoms with Crippen LogP contribution >= 0.6 is 11.3 Å². The molecular formula is C27H22N4O3S. The number of amides is 1. The van der Waals surface area contributed by atoms with E-state index in [9.17, 15) is 14.4 Å². The molecule has 2 aromatic heterocycles. The van der Waals surface area contributed by atoms with Gasteiger partial charge in [-0.2, -0.15) is 0 Å². The fraction of sp³-hybridized carbons (Fsp3) is 0.111. The van der Waals surface area contributed by atoms with E-state index in [1.54, 1.807) is 25.4 Å². The van der Waals surface area contributed by atoms with Crippen LogP contribution in [0.5, 0.6) is 0 Å². The second-order valence-electron chi connectivity index (χ2n) is 8.15. The molecule has 3 N–H and O–H groups in total. The highest BCUT2D eigenvalue weighted by molar-refractivity contribution is 7.12. The zero-order valence-electron chi connectivity index (χ0n) is 19.1. The molecule has 0 unspecified atom stereocenters. The third kappa shape index (κ3) is 4.08. The van der Waals surface area contributed by atoms with Crippen molar-refractivity contribution in [1.82, 2.24) is 4.98 Å². The summed E-state index contributed by atoms with van der Waals surface area (Å²) in [6, 6.07) is 17.1. The van der Waals surface area contributed by atoms with Crippen LogP contribution in [0.15, 0.2) is 75.8 Å². The molecule has 0 atom stereocenters. The van der Waals surface area contributed by atoms with Crippen LogP contribution in [0.1, 0.15) is 20.8 Å². The average Bonchev–Trinajstić information content (AvgIpc) is 3.35. The lowest BCUT2D eigenvalue weighted by Crippen LogP contribution is -2.35. The Balaban J connectivity index is 1.36. The number of thiophene rings is 1. The van der Waals surface area contributed by atoms with Crippen LogP contribution in [0.4, 0.5) is 17.1 Å². The van der Waals surface area contributed by atoms with E-state index >= 15 is 0 Å². The molecule has 0 radical (unpaired) electrons. The first kappa shape index (κ1) is 22.5. The second kappa shape index (κ2) is 9.15. The van der Waals surface area contributed by atoms with Crippen LogP contribution in [0, 0.1) is 6.92 Å². The molecule has 0 aliphatic carbocycles. The number of rotatable bonds is 7. The van der Waals surface area contributed by atoms with E-state index in [1.165, 1.54) is 11.3 Å². The highest BCUT2D eigenvalue weighted by Gasteiger charge is 2.23. The first-order chi connectivity index (χ1) is 17.0. The van der Waals surface area contributed by atoms with Gasteiger partial charge in [0.05, 0.1) is 22.5 Å². The van der Waals surface area contributed by atoms with Gasteiger partial charge in [0.15, 0.2) is 0 Å². The lowest BCUT2D eigenvalue weighted by molar-refractivity contribution is 0.103. The van der Waals surface area contributed by atoms with Crippen LogP contribution in [-0.2, 0) is 6.54 Å². The summed E-state index contributed by atoms with van der Waals surface area (Å²) in [6.07, 6.45) is 1.78. The predicted octanol–water partition coefficient (Wildman–Crippen LogP) is 4.77. The highest BCUT2D eigenvalue weighted by Crippen LogP contribution is 2.30. The lowest BCUT2D eigenvalue weighted by Gasteiger charge is -2.15. The Morgan fingerprint density at radius 3 is 2.69 bits per heavy atom. The smallest absolute Gasteiger partial charge is 0.267 e. The molecule has 0 aliphatic heterocycles. The minimum atomic E-state index is -0.521. The van der Waals surface area contributed by atoms with Gasteiger partial charge in [0.2, 0.25) is 10.9 Å². The number of hydrogen-bond donors (Lipinski definition) is 3. The molecule has 7 nitrogen and oxygen atoms in total. The van der Waals surface area contributed by atoms with Crippen molar-refractivity contribution >= 4 is 45.2 Å². The van der Waals surface area contributed by atoms with E-state index in [4.69, 9.17) is 0 Å². The zero-order chi connectivity index (χ0) is 24.5. The molecule has 0 saturated heterocycles. The molecule has 5 rings (SSSR count). The number of pyridine rings is 1. The number of carbonyl (C=O) groups is 1. The second-order valence-corrected chi connectivity index (χ2v) is 9.06. The number of hydrogen-bond acceptors (Lipinski definition) is 7. The number of aromatic nitrogens is 1. The number of para-hydroxylation sites is 1. The summed E-state index contributed by atoms with van der Waals surface area (Å²) in [5.41, 5.74) is 4.38. The molecule has 174 valence electrons. The van der Waals surface area contributed by atoms with Crippen molar-refractivity contribution in [2.24, 2.45) is 0 Å². The van der Waals surface area contributed by atoms with E-state index in [0.29, 0.717) is 33.9 Å². The van der Waals surface area contributed by atoms with Crippen molar-refractivity contribution in [2.75, 3.05) is 23.0 Å². The van der Waals surface area contributed by atoms with Gasteiger partial charge in [-0.1, -0.05) is 24.3 Å². The standard InChI is InChI=1S/C27H22N4O3S/c1-15-7-8-17(13-19(15)22-23(28-2)25(33)24(22)32)31-27(34)26-21(10-12-35-26)30-14-16-9-11-29-20-6-4-3-5-18(16)20/h3-13,28,30H,14H2,1-2H3,(H,31,34). The quantitative estimate of drug-likeness (QED) is 0.289. The van der Waals surface area contributed by atoms with Crippen LogP contribution in [0.25, 0.3) is 22.0 Å². The molecule has 0 aliphatic rings. The summed E-state index contributed by atoms with van der Waals surface area (Å²) in [5, 5.41) is 12.0. The van der Waals surface area contributed by atoms with Gasteiger partial charge in [0, 0.05) is 30.9 Å². The summed E-state index contributed by atoms with van der Waals surface area (Å²) < 4.78 is 0. The maximum Gasteiger partial charge on any atom is 0.267 e. The summed E-state index contributed by atoms with van der Waals surface area (Å²) >= 11 is 1.34. The van der Waals surface area contributed by atoms with E-state index in [0.717, 1.165) is 27.7 Å². The van der Waals surface area contributed by atoms with Gasteiger partial charge in [-0.3, -0.25) is 19.4 Å². The van der Waals surface area contributed by atoms with Gasteiger partial charge >= 0.3 is 0 Å². The predicted molar refractivity (Wildman–Crippen MR) is 142 cm³/mol. The minimum absolute atomic E-state index is 0.254. The summed E-state index contributed by atoms with van der Waals surface area (Å²) in [4.78, 5) is 42.1. The Hall–Kier alpha value is -4.30. The number of benzene rings is 2. The number of fused-ring (bicyclic) bond motifs is 1. The SMILES string of the molecule is CNc1c(-c2cc(NC(=O)c3sccc3NCc3ccnc4ccccc34)ccc2C)c(=O)c1=O. The summed E-state index contributed by atoms with van der Waals surface area (Å²) in [7, 11) is 1.61. The number of nitrogens with one attached hydrogen (secondary N) is 3. The Kier molecular flexibility index (Phi) is 5.88. The third-order valence-electron chi connectivity index (χ3n) is 6.01. The molecule has 3 aromatic carbocycles. The normalized spacial score (nSPS) is 11.0. The molecule has 35 heavy (non-hydrogen) atoms. The summed E-state index contributed by atoms with van der Waals surface area (Å²) in [6.45, 7) is 2.41. The highest BCUT2D eigenvalue weighted by atomic mass is 32.1. The molecule has 0 bridgehead atoms. The first-order valence-electron chi connectivity index (χ1n) is 11.1. The molecule has 0 saturated carbocycles. The number of nitrogens with zero attached hydrogens (tertiary/aromatic N) is 1.